The van der Waals surface area contributed by atoms with Gasteiger partial charge in [-0.05, 0) is 24.8 Å². The molecule has 0 bridgehead atoms. The van der Waals surface area contributed by atoms with Gasteiger partial charge in [-0.2, -0.15) is 0 Å². The zero-order valence-electron chi connectivity index (χ0n) is 12.4. The molecule has 112 valence electrons. The van der Waals surface area contributed by atoms with E-state index >= 15 is 0 Å². The van der Waals surface area contributed by atoms with Crippen molar-refractivity contribution in [3.63, 3.8) is 0 Å². The number of carboxylic acids is 1. The van der Waals surface area contributed by atoms with Crippen LogP contribution in [0, 0.1) is 11.8 Å². The Labute approximate surface area is 124 Å². The molecule has 0 radical (unpaired) electrons. The summed E-state index contributed by atoms with van der Waals surface area (Å²) in [6.07, 6.45) is 1.29. The Morgan fingerprint density at radius 3 is 2.52 bits per heavy atom. The van der Waals surface area contributed by atoms with Crippen LogP contribution in [0.5, 0.6) is 0 Å². The van der Waals surface area contributed by atoms with E-state index in [2.05, 4.69) is 12.1 Å². The number of rotatable bonds is 3. The molecule has 1 aliphatic heterocycles. The first-order valence-corrected chi connectivity index (χ1v) is 7.59. The summed E-state index contributed by atoms with van der Waals surface area (Å²) >= 11 is 0. The third-order valence-electron chi connectivity index (χ3n) is 4.98. The molecule has 4 heteroatoms. The topological polar surface area (TPSA) is 57.6 Å². The number of nitrogens with zero attached hydrogens (tertiary/aromatic N) is 1. The third-order valence-corrected chi connectivity index (χ3v) is 4.98. The first-order valence-electron chi connectivity index (χ1n) is 7.59. The first-order chi connectivity index (χ1) is 10.0. The molecule has 21 heavy (non-hydrogen) atoms. The van der Waals surface area contributed by atoms with Crippen molar-refractivity contribution in [2.75, 3.05) is 0 Å². The van der Waals surface area contributed by atoms with Gasteiger partial charge in [0.1, 0.15) is 0 Å². The summed E-state index contributed by atoms with van der Waals surface area (Å²) in [5.74, 6) is -0.865. The van der Waals surface area contributed by atoms with E-state index in [0.717, 1.165) is 6.42 Å². The van der Waals surface area contributed by atoms with E-state index < -0.39 is 11.9 Å². The molecule has 2 fully saturated rings. The van der Waals surface area contributed by atoms with Gasteiger partial charge >= 0.3 is 5.97 Å². The van der Waals surface area contributed by atoms with E-state index in [9.17, 15) is 14.7 Å². The second-order valence-electron chi connectivity index (χ2n) is 6.41. The summed E-state index contributed by atoms with van der Waals surface area (Å²) in [7, 11) is 0. The van der Waals surface area contributed by atoms with Gasteiger partial charge < -0.3 is 10.0 Å². The van der Waals surface area contributed by atoms with Crippen molar-refractivity contribution in [3.8, 4) is 0 Å². The quantitative estimate of drug-likeness (QED) is 0.929. The highest BCUT2D eigenvalue weighted by atomic mass is 16.4. The van der Waals surface area contributed by atoms with Gasteiger partial charge in [-0.25, -0.2) is 0 Å². The van der Waals surface area contributed by atoms with Crippen LogP contribution < -0.4 is 0 Å². The van der Waals surface area contributed by atoms with Gasteiger partial charge in [-0.3, -0.25) is 9.59 Å². The number of hydrogen-bond acceptors (Lipinski definition) is 2. The van der Waals surface area contributed by atoms with Crippen LogP contribution in [0.3, 0.4) is 0 Å². The lowest BCUT2D eigenvalue weighted by Crippen LogP contribution is -2.53. The predicted molar refractivity (Wildman–Crippen MR) is 78.8 cm³/mol. The molecule has 1 aromatic rings. The van der Waals surface area contributed by atoms with Crippen molar-refractivity contribution < 1.29 is 14.7 Å². The zero-order chi connectivity index (χ0) is 15.1. The minimum absolute atomic E-state index is 0.0878. The Morgan fingerprint density at radius 1 is 1.24 bits per heavy atom. The monoisotopic (exact) mass is 287 g/mol. The Kier molecular flexibility index (Phi) is 3.47. The van der Waals surface area contributed by atoms with E-state index in [1.807, 2.05) is 36.9 Å². The summed E-state index contributed by atoms with van der Waals surface area (Å²) in [6, 6.07) is 10.1. The van der Waals surface area contributed by atoms with Crippen LogP contribution in [-0.4, -0.2) is 34.0 Å². The molecule has 1 aromatic carbocycles. The predicted octanol–water partition coefficient (Wildman–Crippen LogP) is 2.50. The Balaban J connectivity index is 1.79. The Bertz CT molecular complexity index is 556. The summed E-state index contributed by atoms with van der Waals surface area (Å²) in [5, 5.41) is 9.43. The van der Waals surface area contributed by atoms with Gasteiger partial charge in [0.2, 0.25) is 5.91 Å². The second-order valence-corrected chi connectivity index (χ2v) is 6.41. The van der Waals surface area contributed by atoms with Gasteiger partial charge in [0.05, 0.1) is 5.92 Å². The molecule has 4 nitrogen and oxygen atoms in total. The molecule has 0 spiro atoms. The van der Waals surface area contributed by atoms with Crippen molar-refractivity contribution in [3.05, 3.63) is 35.9 Å². The summed E-state index contributed by atoms with van der Waals surface area (Å²) in [4.78, 5) is 25.7. The fraction of sp³-hybridized carbons (Fsp3) is 0.529. The number of aliphatic carboxylic acids is 1. The van der Waals surface area contributed by atoms with E-state index in [0.29, 0.717) is 12.3 Å². The molecule has 1 amide bonds. The molecule has 1 N–H and O–H groups in total. The molecule has 1 saturated heterocycles. The molecular formula is C17H21NO3. The van der Waals surface area contributed by atoms with Gasteiger partial charge in [0.25, 0.3) is 0 Å². The lowest BCUT2D eigenvalue weighted by atomic mass is 9.81. The van der Waals surface area contributed by atoms with Crippen molar-refractivity contribution in [2.24, 2.45) is 11.8 Å². The van der Waals surface area contributed by atoms with Crippen molar-refractivity contribution in [1.82, 2.24) is 4.90 Å². The van der Waals surface area contributed by atoms with Crippen molar-refractivity contribution in [2.45, 2.75) is 44.7 Å². The van der Waals surface area contributed by atoms with E-state index in [1.54, 1.807) is 0 Å². The second kappa shape index (κ2) is 5.17. The summed E-state index contributed by atoms with van der Waals surface area (Å²) in [5.41, 5.74) is 1.24. The number of carbonyl (C=O) groups excluding carboxylic acids is 1. The molecule has 0 aromatic heterocycles. The minimum Gasteiger partial charge on any atom is -0.481 e. The normalized spacial score (nSPS) is 35.6. The van der Waals surface area contributed by atoms with E-state index in [1.165, 1.54) is 5.56 Å². The van der Waals surface area contributed by atoms with Gasteiger partial charge in [-0.15, -0.1) is 0 Å². The van der Waals surface area contributed by atoms with Gasteiger partial charge in [0, 0.05) is 24.4 Å². The van der Waals surface area contributed by atoms with E-state index in [-0.39, 0.29) is 23.9 Å². The third kappa shape index (κ3) is 2.43. The minimum atomic E-state index is -0.788. The highest BCUT2D eigenvalue weighted by molar-refractivity contribution is 5.82. The number of benzene rings is 1. The zero-order valence-corrected chi connectivity index (χ0v) is 12.4. The SMILES string of the molecule is CC1CC(=O)N(C2CC2c2ccccc2)C(C)C1C(=O)O. The fourth-order valence-electron chi connectivity index (χ4n) is 3.87. The highest BCUT2D eigenvalue weighted by Gasteiger charge is 2.51. The fourth-order valence-corrected chi connectivity index (χ4v) is 3.87. The van der Waals surface area contributed by atoms with E-state index in [4.69, 9.17) is 0 Å². The van der Waals surface area contributed by atoms with Gasteiger partial charge in [-0.1, -0.05) is 37.3 Å². The number of carboxylic acid groups (broad SMARTS) is 1. The van der Waals surface area contributed by atoms with Crippen LogP contribution in [0.15, 0.2) is 30.3 Å². The number of hydrogen-bond donors (Lipinski definition) is 1. The molecular weight excluding hydrogens is 266 g/mol. The largest absolute Gasteiger partial charge is 0.481 e. The average Bonchev–Trinajstić information content (AvgIpc) is 3.18. The van der Waals surface area contributed by atoms with Crippen LogP contribution in [0.4, 0.5) is 0 Å². The Hall–Kier alpha value is -1.84. The lowest BCUT2D eigenvalue weighted by molar-refractivity contribution is -0.155. The van der Waals surface area contributed by atoms with Crippen LogP contribution >= 0.6 is 0 Å². The van der Waals surface area contributed by atoms with Crippen LogP contribution in [-0.2, 0) is 9.59 Å². The molecule has 5 unspecified atom stereocenters. The molecule has 1 saturated carbocycles. The number of piperidine rings is 1. The molecule has 2 aliphatic rings. The maximum Gasteiger partial charge on any atom is 0.308 e. The Morgan fingerprint density at radius 2 is 1.90 bits per heavy atom. The standard InChI is InChI=1S/C17H21NO3/c1-10-8-15(19)18(11(2)16(10)17(20)21)14-9-13(14)12-6-4-3-5-7-12/h3-7,10-11,13-14,16H,8-9H2,1-2H3,(H,20,21). The number of carbonyl (C=O) groups is 2. The lowest BCUT2D eigenvalue weighted by Gasteiger charge is -2.41. The first kappa shape index (κ1) is 14.1. The molecule has 5 atom stereocenters. The molecule has 3 rings (SSSR count). The molecule has 1 heterocycles. The van der Waals surface area contributed by atoms with Gasteiger partial charge in [0.15, 0.2) is 0 Å². The summed E-state index contributed by atoms with van der Waals surface area (Å²) < 4.78 is 0. The van der Waals surface area contributed by atoms with Crippen molar-refractivity contribution in [1.29, 1.82) is 0 Å². The number of likely N-dealkylation sites (tertiary alicyclic amines) is 1. The maximum absolute atomic E-state index is 12.4. The van der Waals surface area contributed by atoms with Crippen LogP contribution in [0.1, 0.15) is 38.2 Å². The highest BCUT2D eigenvalue weighted by Crippen LogP contribution is 2.48. The number of amides is 1. The average molecular weight is 287 g/mol. The van der Waals surface area contributed by atoms with Crippen molar-refractivity contribution >= 4 is 11.9 Å². The molecule has 1 aliphatic carbocycles. The van der Waals surface area contributed by atoms with Crippen LogP contribution in [0.2, 0.25) is 0 Å². The summed E-state index contributed by atoms with van der Waals surface area (Å²) in [6.45, 7) is 3.75. The van der Waals surface area contributed by atoms with Crippen LogP contribution in [0.25, 0.3) is 0 Å². The maximum atomic E-state index is 12.4. The smallest absolute Gasteiger partial charge is 0.308 e.